The Morgan fingerprint density at radius 1 is 0.822 bits per heavy atom. The van der Waals surface area contributed by atoms with Gasteiger partial charge in [-0.2, -0.15) is 0 Å². The van der Waals surface area contributed by atoms with Crippen molar-refractivity contribution in [2.45, 2.75) is 80.2 Å². The molecule has 270 valence electrons. The van der Waals surface area contributed by atoms with Gasteiger partial charge in [-0.1, -0.05) is 41.5 Å². The number of amides is 4. The van der Waals surface area contributed by atoms with Crippen LogP contribution >= 0.6 is 0 Å². The van der Waals surface area contributed by atoms with Gasteiger partial charge in [0.1, 0.15) is 18.6 Å². The molecule has 3 N–H and O–H groups in total. The van der Waals surface area contributed by atoms with Crippen LogP contribution in [0.2, 0.25) is 0 Å². The third-order valence-corrected chi connectivity index (χ3v) is 5.82. The molecule has 1 atom stereocenters. The molecule has 1 saturated heterocycles. The molecule has 1 fully saturated rings. The fourth-order valence-corrected chi connectivity index (χ4v) is 3.54. The predicted molar refractivity (Wildman–Crippen MR) is 177 cm³/mol. The zero-order chi connectivity index (χ0) is 34.3. The van der Waals surface area contributed by atoms with Crippen LogP contribution in [0.25, 0.3) is 0 Å². The first-order valence-electron chi connectivity index (χ1n) is 16.2. The molecule has 0 aliphatic carbocycles. The third-order valence-electron chi connectivity index (χ3n) is 5.82. The molecule has 0 radical (unpaired) electrons. The second kappa shape index (κ2) is 31.3. The van der Waals surface area contributed by atoms with Crippen LogP contribution in [0.5, 0.6) is 0 Å². The van der Waals surface area contributed by atoms with Gasteiger partial charge >= 0.3 is 0 Å². The molecule has 1 aliphatic heterocycles. The summed E-state index contributed by atoms with van der Waals surface area (Å²) in [5, 5.41) is 7.95. The Kier molecular flexibility index (Phi) is 31.0. The maximum absolute atomic E-state index is 12.2. The van der Waals surface area contributed by atoms with Gasteiger partial charge in [0, 0.05) is 43.2 Å². The van der Waals surface area contributed by atoms with Crippen molar-refractivity contribution in [3.63, 3.8) is 0 Å². The quantitative estimate of drug-likeness (QED) is 0.139. The highest BCUT2D eigenvalue weighted by atomic mass is 16.6. The van der Waals surface area contributed by atoms with Gasteiger partial charge < -0.3 is 44.5 Å². The summed E-state index contributed by atoms with van der Waals surface area (Å²) in [6, 6.07) is -0.717. The van der Waals surface area contributed by atoms with Crippen LogP contribution in [0.4, 0.5) is 0 Å². The normalized spacial score (nSPS) is 13.4. The SMILES string of the molecule is CC.CC.CC(=O)CNC(=O)[C@@H](NC(=O)CCOCCOCCOCCOCCNC(=O)CCN1COCCCC1=O)C(C)C.[HH].[HH].[HH]. The largest absolute Gasteiger partial charge is 0.379 e. The Morgan fingerprint density at radius 3 is 1.93 bits per heavy atom. The number of nitrogens with zero attached hydrogens (tertiary/aromatic N) is 1. The Morgan fingerprint density at radius 2 is 1.38 bits per heavy atom. The van der Waals surface area contributed by atoms with E-state index in [0.717, 1.165) is 0 Å². The molecule has 45 heavy (non-hydrogen) atoms. The lowest BCUT2D eigenvalue weighted by atomic mass is 10.0. The van der Waals surface area contributed by atoms with Crippen LogP contribution in [0.1, 0.15) is 78.4 Å². The third kappa shape index (κ3) is 26.3. The Bertz CT molecular complexity index is 815. The van der Waals surface area contributed by atoms with Crippen molar-refractivity contribution < 1.29 is 51.9 Å². The Balaban J connectivity index is -0.000000846. The molecule has 0 aromatic carbocycles. The van der Waals surface area contributed by atoms with E-state index in [2.05, 4.69) is 16.0 Å². The smallest absolute Gasteiger partial charge is 0.243 e. The molecule has 0 spiro atoms. The first-order valence-corrected chi connectivity index (χ1v) is 16.2. The zero-order valence-corrected chi connectivity index (χ0v) is 28.7. The van der Waals surface area contributed by atoms with Gasteiger partial charge in [-0.3, -0.25) is 24.0 Å². The number of ether oxygens (including phenoxy) is 5. The summed E-state index contributed by atoms with van der Waals surface area (Å²) in [6.07, 6.45) is 1.49. The summed E-state index contributed by atoms with van der Waals surface area (Å²) in [5.41, 5.74) is 0. The highest BCUT2D eigenvalue weighted by Gasteiger charge is 2.24. The molecule has 0 bridgehead atoms. The van der Waals surface area contributed by atoms with E-state index in [1.54, 1.807) is 4.90 Å². The number of hydrogen-bond acceptors (Lipinski definition) is 10. The predicted octanol–water partition coefficient (Wildman–Crippen LogP) is 2.18. The van der Waals surface area contributed by atoms with E-state index in [0.29, 0.717) is 78.8 Å². The minimum absolute atomic E-state index is 0. The van der Waals surface area contributed by atoms with Gasteiger partial charge in [-0.15, -0.1) is 0 Å². The number of carbonyl (C=O) groups excluding carboxylic acids is 5. The Labute approximate surface area is 274 Å². The van der Waals surface area contributed by atoms with E-state index in [4.69, 9.17) is 23.7 Å². The Hall–Kier alpha value is -2.65. The van der Waals surface area contributed by atoms with Crippen molar-refractivity contribution in [3.8, 4) is 0 Å². The first kappa shape index (κ1) is 44.5. The van der Waals surface area contributed by atoms with E-state index in [1.165, 1.54) is 6.92 Å². The van der Waals surface area contributed by atoms with Crippen LogP contribution in [0, 0.1) is 5.92 Å². The lowest BCUT2D eigenvalue weighted by Gasteiger charge is -2.21. The van der Waals surface area contributed by atoms with Gasteiger partial charge in [0.05, 0.1) is 59.4 Å². The summed E-state index contributed by atoms with van der Waals surface area (Å²) < 4.78 is 27.0. The molecule has 0 aromatic rings. The summed E-state index contributed by atoms with van der Waals surface area (Å²) in [4.78, 5) is 60.7. The molecule has 1 rings (SSSR count). The standard InChI is InChI=1S/C27H48N4O10.2C2H6.3H2/c1-21(2)26(27(36)29-19-22(3)32)30-24(34)7-11-37-13-15-39-17-18-40-16-14-38-12-8-28-23(33)6-9-31-20-41-10-4-5-25(31)35;2*1-2;;;/h21,26H,4-20H2,1-3H3,(H,28,33)(H,29,36)(H,30,34);2*1-2H3;3*1H/t26-;;;;;/m0...../s1. The average Bonchev–Trinajstić information content (AvgIpc) is 3.24. The summed E-state index contributed by atoms with van der Waals surface area (Å²) in [6.45, 7) is 17.2. The number of nitrogens with one attached hydrogen (secondary N) is 3. The van der Waals surface area contributed by atoms with Crippen molar-refractivity contribution in [1.29, 1.82) is 0 Å². The van der Waals surface area contributed by atoms with Crippen molar-refractivity contribution in [1.82, 2.24) is 20.9 Å². The fourth-order valence-electron chi connectivity index (χ4n) is 3.54. The molecule has 4 amide bonds. The van der Waals surface area contributed by atoms with Gasteiger partial charge in [-0.05, 0) is 19.3 Å². The monoisotopic (exact) mass is 654 g/mol. The fraction of sp³-hybridized carbons (Fsp3) is 0.839. The molecule has 0 aromatic heterocycles. The number of ketones is 1. The van der Waals surface area contributed by atoms with Crippen molar-refractivity contribution in [3.05, 3.63) is 0 Å². The lowest BCUT2D eigenvalue weighted by Crippen LogP contribution is -2.50. The van der Waals surface area contributed by atoms with Crippen molar-refractivity contribution in [2.75, 3.05) is 85.8 Å². The molecule has 1 heterocycles. The lowest BCUT2D eigenvalue weighted by molar-refractivity contribution is -0.134. The molecular weight excluding hydrogens is 588 g/mol. The molecule has 1 aliphatic rings. The summed E-state index contributed by atoms with van der Waals surface area (Å²) in [5.74, 6) is -1.11. The molecule has 14 heteroatoms. The summed E-state index contributed by atoms with van der Waals surface area (Å²) >= 11 is 0. The summed E-state index contributed by atoms with van der Waals surface area (Å²) in [7, 11) is 0. The van der Waals surface area contributed by atoms with Crippen LogP contribution < -0.4 is 16.0 Å². The number of hydrogen-bond donors (Lipinski definition) is 3. The minimum Gasteiger partial charge on any atom is -0.379 e. The van der Waals surface area contributed by atoms with Crippen molar-refractivity contribution in [2.24, 2.45) is 5.92 Å². The number of Topliss-reactive ketones (excluding diaryl/α,β-unsaturated/α-hetero) is 1. The molecule has 14 nitrogen and oxygen atoms in total. The van der Waals surface area contributed by atoms with Crippen LogP contribution in [0.3, 0.4) is 0 Å². The second-order valence-corrected chi connectivity index (χ2v) is 9.81. The van der Waals surface area contributed by atoms with Crippen LogP contribution in [-0.4, -0.2) is 126 Å². The average molecular weight is 655 g/mol. The van der Waals surface area contributed by atoms with Gasteiger partial charge in [0.2, 0.25) is 23.6 Å². The maximum atomic E-state index is 12.2. The van der Waals surface area contributed by atoms with Gasteiger partial charge in [-0.25, -0.2) is 0 Å². The second-order valence-electron chi connectivity index (χ2n) is 9.81. The van der Waals surface area contributed by atoms with E-state index in [1.807, 2.05) is 41.5 Å². The van der Waals surface area contributed by atoms with E-state index in [9.17, 15) is 24.0 Å². The molecule has 0 unspecified atom stereocenters. The highest BCUT2D eigenvalue weighted by molar-refractivity contribution is 5.90. The number of carbonyl (C=O) groups is 5. The van der Waals surface area contributed by atoms with Crippen molar-refractivity contribution >= 4 is 29.4 Å². The van der Waals surface area contributed by atoms with Crippen LogP contribution in [-0.2, 0) is 47.7 Å². The van der Waals surface area contributed by atoms with Gasteiger partial charge in [0.15, 0.2) is 0 Å². The van der Waals surface area contributed by atoms with Gasteiger partial charge in [0.25, 0.3) is 0 Å². The highest BCUT2D eigenvalue weighted by Crippen LogP contribution is 2.05. The molecular formula is C31H66N4O10. The number of rotatable bonds is 23. The zero-order valence-electron chi connectivity index (χ0n) is 28.7. The van der Waals surface area contributed by atoms with E-state index >= 15 is 0 Å². The topological polar surface area (TPSA) is 171 Å². The van der Waals surface area contributed by atoms with E-state index in [-0.39, 0.29) is 72.3 Å². The first-order chi connectivity index (χ1) is 21.7. The molecule has 0 saturated carbocycles. The van der Waals surface area contributed by atoms with E-state index < -0.39 is 6.04 Å². The minimum atomic E-state index is -0.717. The maximum Gasteiger partial charge on any atom is 0.243 e. The van der Waals surface area contributed by atoms with Crippen LogP contribution in [0.15, 0.2) is 0 Å².